The van der Waals surface area contributed by atoms with Gasteiger partial charge in [0.05, 0.1) is 27.9 Å². The van der Waals surface area contributed by atoms with E-state index in [2.05, 4.69) is 26.0 Å². The lowest BCUT2D eigenvalue weighted by Crippen LogP contribution is -2.28. The Morgan fingerprint density at radius 2 is 1.92 bits per heavy atom. The number of fused-ring (bicyclic) bond motifs is 3. The first-order valence-electron chi connectivity index (χ1n) is 7.36. The molecule has 1 atom stereocenters. The van der Waals surface area contributed by atoms with E-state index < -0.39 is 10.0 Å². The van der Waals surface area contributed by atoms with Crippen molar-refractivity contribution >= 4 is 33.3 Å². The second-order valence-electron chi connectivity index (χ2n) is 5.63. The number of carbonyl (C=O) groups is 1. The second kappa shape index (κ2) is 5.46. The van der Waals surface area contributed by atoms with Crippen LogP contribution in [0.4, 0.5) is 5.69 Å². The lowest BCUT2D eigenvalue weighted by atomic mass is 9.95. The van der Waals surface area contributed by atoms with Gasteiger partial charge < -0.3 is 5.32 Å². The third kappa shape index (κ3) is 2.77. The third-order valence-electron chi connectivity index (χ3n) is 3.96. The maximum atomic E-state index is 11.6. The summed E-state index contributed by atoms with van der Waals surface area (Å²) in [6.07, 6.45) is 5.32. The van der Waals surface area contributed by atoms with Crippen LogP contribution < -0.4 is 21.4 Å². The van der Waals surface area contributed by atoms with Gasteiger partial charge >= 0.3 is 0 Å². The lowest BCUT2D eigenvalue weighted by Gasteiger charge is -2.14. The largest absolute Gasteiger partial charge is 0.342 e. The summed E-state index contributed by atoms with van der Waals surface area (Å²) < 4.78 is 22.5. The Morgan fingerprint density at radius 3 is 2.64 bits per heavy atom. The number of hydrogen-bond donors (Lipinski definition) is 5. The number of carbonyl (C=O) groups excluding carboxylic acids is 1. The van der Waals surface area contributed by atoms with E-state index in [0.717, 1.165) is 16.8 Å². The molecule has 2 aromatic rings. The molecule has 1 aromatic heterocycles. The van der Waals surface area contributed by atoms with E-state index >= 15 is 0 Å². The van der Waals surface area contributed by atoms with E-state index in [4.69, 9.17) is 5.14 Å². The molecule has 1 aliphatic carbocycles. The van der Waals surface area contributed by atoms with Crippen molar-refractivity contribution in [2.24, 2.45) is 10.2 Å². The summed E-state index contributed by atoms with van der Waals surface area (Å²) in [6, 6.07) is 5.75. The molecule has 1 unspecified atom stereocenters. The van der Waals surface area contributed by atoms with E-state index in [1.807, 2.05) is 12.2 Å². The summed E-state index contributed by atoms with van der Waals surface area (Å²) in [7, 11) is -3.73. The molecular weight excluding hydrogens is 344 g/mol. The molecule has 1 aliphatic heterocycles. The van der Waals surface area contributed by atoms with Crippen LogP contribution in [0.25, 0.3) is 11.6 Å². The van der Waals surface area contributed by atoms with Gasteiger partial charge in [-0.15, -0.1) is 0 Å². The quantitative estimate of drug-likeness (QED) is 0.485. The molecular formula is C15H14N6O3S. The minimum absolute atomic E-state index is 0.0253. The first kappa shape index (κ1) is 15.4. The molecule has 128 valence electrons. The molecule has 10 heteroatoms. The maximum absolute atomic E-state index is 11.6. The molecule has 0 saturated heterocycles. The van der Waals surface area contributed by atoms with Crippen LogP contribution in [0.1, 0.15) is 11.3 Å². The fourth-order valence-electron chi connectivity index (χ4n) is 2.80. The van der Waals surface area contributed by atoms with Crippen molar-refractivity contribution in [2.45, 2.75) is 10.9 Å². The molecule has 6 N–H and O–H groups in total. The number of H-pyrrole nitrogens is 2. The van der Waals surface area contributed by atoms with Gasteiger partial charge in [-0.05, 0) is 35.9 Å². The van der Waals surface area contributed by atoms with Crippen LogP contribution in [-0.4, -0.2) is 30.6 Å². The smallest absolute Gasteiger partial charge is 0.245 e. The van der Waals surface area contributed by atoms with Gasteiger partial charge in [-0.2, -0.15) is 5.10 Å². The van der Waals surface area contributed by atoms with E-state index in [9.17, 15) is 13.2 Å². The molecule has 0 bridgehead atoms. The zero-order valence-electron chi connectivity index (χ0n) is 12.8. The summed E-state index contributed by atoms with van der Waals surface area (Å²) in [5.74, 6) is -0.142. The maximum Gasteiger partial charge on any atom is 0.245 e. The van der Waals surface area contributed by atoms with Crippen molar-refractivity contribution in [3.8, 4) is 0 Å². The van der Waals surface area contributed by atoms with Gasteiger partial charge in [0.15, 0.2) is 5.49 Å². The Bertz CT molecular complexity index is 1090. The van der Waals surface area contributed by atoms with Crippen LogP contribution in [-0.2, 0) is 14.8 Å². The van der Waals surface area contributed by atoms with Gasteiger partial charge in [-0.25, -0.2) is 13.6 Å². The standard InChI is InChI=1S/C15H14N6O3S/c16-25(23,24)9-3-1-8(2-4-9)18-20-15-14-10-7-13(22)17-11(10)5-6-12(14)19-21-15/h1-7,11,18H,(H,17,22)(H2,16,23,24)(H2,19,20,21). The predicted molar refractivity (Wildman–Crippen MR) is 91.1 cm³/mol. The fraction of sp³-hybridized carbons (Fsp3) is 0.0667. The van der Waals surface area contributed by atoms with E-state index in [-0.39, 0.29) is 16.8 Å². The summed E-state index contributed by atoms with van der Waals surface area (Å²) in [5, 5.41) is 18.1. The van der Waals surface area contributed by atoms with E-state index in [1.54, 1.807) is 18.2 Å². The molecule has 25 heavy (non-hydrogen) atoms. The Kier molecular flexibility index (Phi) is 3.37. The summed E-state index contributed by atoms with van der Waals surface area (Å²) >= 11 is 0. The lowest BCUT2D eigenvalue weighted by molar-refractivity contribution is -0.116. The number of aromatic nitrogens is 2. The number of benzene rings is 1. The number of rotatable bonds is 3. The van der Waals surface area contributed by atoms with Crippen molar-refractivity contribution in [1.82, 2.24) is 15.5 Å². The highest BCUT2D eigenvalue weighted by Gasteiger charge is 2.29. The van der Waals surface area contributed by atoms with Gasteiger partial charge in [-0.1, -0.05) is 6.08 Å². The van der Waals surface area contributed by atoms with Crippen molar-refractivity contribution in [2.75, 3.05) is 5.43 Å². The molecule has 2 aliphatic rings. The van der Waals surface area contributed by atoms with Gasteiger partial charge in [0.1, 0.15) is 0 Å². The van der Waals surface area contributed by atoms with Crippen molar-refractivity contribution in [3.63, 3.8) is 0 Å². The van der Waals surface area contributed by atoms with Gasteiger partial charge in [0.25, 0.3) is 0 Å². The van der Waals surface area contributed by atoms with E-state index in [0.29, 0.717) is 11.2 Å². The van der Waals surface area contributed by atoms with Crippen LogP contribution in [0.3, 0.4) is 0 Å². The van der Waals surface area contributed by atoms with Crippen LogP contribution in [0.5, 0.6) is 0 Å². The number of nitrogens with two attached hydrogens (primary N) is 1. The van der Waals surface area contributed by atoms with Gasteiger partial charge in [0, 0.05) is 6.08 Å². The minimum atomic E-state index is -3.73. The van der Waals surface area contributed by atoms with Crippen LogP contribution in [0, 0.1) is 0 Å². The number of sulfonamides is 1. The number of amides is 1. The van der Waals surface area contributed by atoms with Gasteiger partial charge in [-0.3, -0.25) is 20.4 Å². The molecule has 2 heterocycles. The molecule has 0 radical (unpaired) electrons. The molecule has 0 fully saturated rings. The first-order chi connectivity index (χ1) is 11.9. The summed E-state index contributed by atoms with van der Waals surface area (Å²) in [6.45, 7) is 0. The monoisotopic (exact) mass is 358 g/mol. The average Bonchev–Trinajstić information content (AvgIpc) is 3.14. The number of primary sulfonamides is 1. The highest BCUT2D eigenvalue weighted by molar-refractivity contribution is 7.89. The summed E-state index contributed by atoms with van der Waals surface area (Å²) in [5.41, 5.74) is 6.44. The molecule has 0 spiro atoms. The van der Waals surface area contributed by atoms with Crippen LogP contribution >= 0.6 is 0 Å². The highest BCUT2D eigenvalue weighted by atomic mass is 32.2. The average molecular weight is 358 g/mol. The fourth-order valence-corrected chi connectivity index (χ4v) is 3.31. The number of anilines is 1. The normalized spacial score (nSPS) is 19.2. The minimum Gasteiger partial charge on any atom is -0.342 e. The Morgan fingerprint density at radius 1 is 1.16 bits per heavy atom. The number of nitrogens with one attached hydrogen (secondary N) is 4. The molecule has 9 nitrogen and oxygen atoms in total. The van der Waals surface area contributed by atoms with Crippen molar-refractivity contribution in [1.29, 1.82) is 0 Å². The number of hydrogen-bond acceptors (Lipinski definition) is 5. The zero-order valence-corrected chi connectivity index (χ0v) is 13.6. The Hall–Kier alpha value is -3.11. The van der Waals surface area contributed by atoms with Gasteiger partial charge in [0.2, 0.25) is 15.9 Å². The number of aromatic amines is 2. The zero-order chi connectivity index (χ0) is 17.6. The highest BCUT2D eigenvalue weighted by Crippen LogP contribution is 2.28. The third-order valence-corrected chi connectivity index (χ3v) is 4.89. The van der Waals surface area contributed by atoms with Crippen LogP contribution in [0.2, 0.25) is 0 Å². The van der Waals surface area contributed by atoms with Crippen molar-refractivity contribution in [3.05, 3.63) is 53.2 Å². The number of nitrogens with zero attached hydrogens (tertiary/aromatic N) is 1. The molecule has 4 rings (SSSR count). The van der Waals surface area contributed by atoms with E-state index in [1.165, 1.54) is 12.1 Å². The topological polar surface area (TPSA) is 145 Å². The second-order valence-corrected chi connectivity index (χ2v) is 7.19. The Balaban J connectivity index is 1.66. The molecule has 1 aromatic carbocycles. The summed E-state index contributed by atoms with van der Waals surface area (Å²) in [4.78, 5) is 11.6. The predicted octanol–water partition coefficient (Wildman–Crippen LogP) is -0.173. The first-order valence-corrected chi connectivity index (χ1v) is 8.90. The molecule has 1 amide bonds. The van der Waals surface area contributed by atoms with Crippen LogP contribution in [0.15, 0.2) is 46.4 Å². The van der Waals surface area contributed by atoms with Crippen molar-refractivity contribution < 1.29 is 13.2 Å². The Labute approximate surface area is 142 Å². The SMILES string of the molecule is NS(=O)(=O)c1ccc(NN=c2[nH][nH]c3c2C2=CC(=O)NC2C=C3)cc1. The molecule has 0 saturated carbocycles.